The van der Waals surface area contributed by atoms with Gasteiger partial charge in [0, 0.05) is 5.69 Å². The van der Waals surface area contributed by atoms with Crippen molar-refractivity contribution in [2.45, 2.75) is 58.1 Å². The van der Waals surface area contributed by atoms with Crippen LogP contribution >= 0.6 is 0 Å². The van der Waals surface area contributed by atoms with Gasteiger partial charge in [0.05, 0.1) is 12.5 Å². The summed E-state index contributed by atoms with van der Waals surface area (Å²) in [6.45, 7) is 5.45. The van der Waals surface area contributed by atoms with E-state index in [-0.39, 0.29) is 11.8 Å². The largest absolute Gasteiger partial charge is 0.489 e. The van der Waals surface area contributed by atoms with Gasteiger partial charge in [-0.15, -0.1) is 0 Å². The molecular weight excluding hydrogens is 454 g/mol. The Labute approximate surface area is 220 Å². The minimum absolute atomic E-state index is 0.108. The Morgan fingerprint density at radius 3 is 2.27 bits per heavy atom. The summed E-state index contributed by atoms with van der Waals surface area (Å²) in [4.78, 5) is 16.1. The predicted molar refractivity (Wildman–Crippen MR) is 151 cm³/mol. The monoisotopic (exact) mass is 489 g/mol. The molecule has 4 aromatic carbocycles. The number of hydrogen-bond donors (Lipinski definition) is 0. The maximum Gasteiger partial charge on any atom is 0.234 e. The molecule has 0 heterocycles. The third kappa shape index (κ3) is 5.94. The Bertz CT molecular complexity index is 1310. The van der Waals surface area contributed by atoms with Gasteiger partial charge in [-0.1, -0.05) is 92.7 Å². The molecule has 4 aromatic rings. The molecule has 0 spiro atoms. The first-order valence-electron chi connectivity index (χ1n) is 13.3. The number of anilines is 1. The Hall–Kier alpha value is -3.85. The van der Waals surface area contributed by atoms with Gasteiger partial charge >= 0.3 is 0 Å². The van der Waals surface area contributed by atoms with Crippen LogP contribution in [0.3, 0.4) is 0 Å². The van der Waals surface area contributed by atoms with Crippen molar-refractivity contribution in [1.82, 2.24) is 0 Å². The van der Waals surface area contributed by atoms with Gasteiger partial charge in [0.15, 0.2) is 0 Å². The fourth-order valence-corrected chi connectivity index (χ4v) is 5.15. The molecule has 3 heteroatoms. The molecule has 3 nitrogen and oxygen atoms in total. The van der Waals surface area contributed by atoms with Crippen molar-refractivity contribution < 1.29 is 9.53 Å². The second-order valence-corrected chi connectivity index (χ2v) is 10.2. The van der Waals surface area contributed by atoms with Crippen LogP contribution in [0.4, 0.5) is 5.69 Å². The summed E-state index contributed by atoms with van der Waals surface area (Å²) in [6.07, 6.45) is 2.98. The number of benzene rings is 4. The van der Waals surface area contributed by atoms with Gasteiger partial charge in [-0.2, -0.15) is 0 Å². The van der Waals surface area contributed by atoms with E-state index in [4.69, 9.17) is 4.74 Å². The van der Waals surface area contributed by atoms with Crippen LogP contribution in [-0.4, -0.2) is 5.91 Å². The highest BCUT2D eigenvalue weighted by Crippen LogP contribution is 2.35. The van der Waals surface area contributed by atoms with Crippen LogP contribution in [0, 0.1) is 0 Å². The average Bonchev–Trinajstić information content (AvgIpc) is 2.95. The minimum atomic E-state index is -0.108. The van der Waals surface area contributed by atoms with Gasteiger partial charge in [-0.05, 0) is 77.3 Å². The number of hydrogen-bond acceptors (Lipinski definition) is 2. The van der Waals surface area contributed by atoms with Crippen molar-refractivity contribution in [3.05, 3.63) is 131 Å². The van der Waals surface area contributed by atoms with Crippen molar-refractivity contribution in [3.63, 3.8) is 0 Å². The zero-order chi connectivity index (χ0) is 25.6. The van der Waals surface area contributed by atoms with E-state index in [0.717, 1.165) is 41.8 Å². The Morgan fingerprint density at radius 2 is 1.54 bits per heavy atom. The second-order valence-electron chi connectivity index (χ2n) is 10.2. The fourth-order valence-electron chi connectivity index (χ4n) is 5.15. The molecule has 5 rings (SSSR count). The summed E-state index contributed by atoms with van der Waals surface area (Å²) in [6, 6.07) is 35.2. The number of carbonyl (C=O) groups is 1. The van der Waals surface area contributed by atoms with Crippen LogP contribution in [0.25, 0.3) is 0 Å². The number of ether oxygens (including phenoxy) is 1. The zero-order valence-electron chi connectivity index (χ0n) is 21.8. The van der Waals surface area contributed by atoms with Crippen LogP contribution < -0.4 is 9.64 Å². The molecule has 0 bridgehead atoms. The lowest BCUT2D eigenvalue weighted by Gasteiger charge is -2.31. The molecular formula is C34H35NO2. The van der Waals surface area contributed by atoms with Crippen molar-refractivity contribution in [2.75, 3.05) is 4.90 Å². The molecule has 0 radical (unpaired) electrons. The lowest BCUT2D eigenvalue weighted by Crippen LogP contribution is -2.36. The van der Waals surface area contributed by atoms with Crippen molar-refractivity contribution >= 4 is 11.6 Å². The van der Waals surface area contributed by atoms with Crippen LogP contribution in [0.15, 0.2) is 103 Å². The Balaban J connectivity index is 1.38. The molecule has 0 saturated heterocycles. The first kappa shape index (κ1) is 24.8. The molecule has 0 N–H and O–H groups in total. The second kappa shape index (κ2) is 11.5. The normalized spacial score (nSPS) is 14.7. The third-order valence-corrected chi connectivity index (χ3v) is 7.32. The zero-order valence-corrected chi connectivity index (χ0v) is 21.8. The van der Waals surface area contributed by atoms with Gasteiger partial charge in [0.25, 0.3) is 0 Å². The lowest BCUT2D eigenvalue weighted by atomic mass is 9.82. The highest BCUT2D eigenvalue weighted by molar-refractivity contribution is 5.98. The van der Waals surface area contributed by atoms with Gasteiger partial charge in [-0.3, -0.25) is 4.79 Å². The van der Waals surface area contributed by atoms with E-state index < -0.39 is 0 Å². The van der Waals surface area contributed by atoms with E-state index in [2.05, 4.69) is 86.6 Å². The van der Waals surface area contributed by atoms with Crippen molar-refractivity contribution in [3.8, 4) is 5.75 Å². The molecule has 1 unspecified atom stereocenters. The van der Waals surface area contributed by atoms with E-state index in [0.29, 0.717) is 19.1 Å². The fraction of sp³-hybridized carbons (Fsp3) is 0.265. The summed E-state index contributed by atoms with van der Waals surface area (Å²) < 4.78 is 5.97. The maximum absolute atomic E-state index is 14.1. The molecule has 1 aliphatic carbocycles. The van der Waals surface area contributed by atoms with Crippen LogP contribution in [0.1, 0.15) is 66.3 Å². The van der Waals surface area contributed by atoms with Crippen LogP contribution in [-0.2, 0) is 24.4 Å². The smallest absolute Gasteiger partial charge is 0.234 e. The number of nitrogens with zero attached hydrogens (tertiary/aromatic N) is 1. The van der Waals surface area contributed by atoms with E-state index in [1.165, 1.54) is 16.7 Å². The van der Waals surface area contributed by atoms with E-state index in [9.17, 15) is 4.79 Å². The quantitative estimate of drug-likeness (QED) is 0.251. The predicted octanol–water partition coefficient (Wildman–Crippen LogP) is 8.04. The number of aryl methyl sites for hydroxylation is 1. The first-order valence-corrected chi connectivity index (χ1v) is 13.3. The van der Waals surface area contributed by atoms with E-state index in [1.807, 2.05) is 35.2 Å². The summed E-state index contributed by atoms with van der Waals surface area (Å²) >= 11 is 0. The minimum Gasteiger partial charge on any atom is -0.489 e. The maximum atomic E-state index is 14.1. The van der Waals surface area contributed by atoms with E-state index >= 15 is 0 Å². The molecule has 188 valence electrons. The summed E-state index contributed by atoms with van der Waals surface area (Å²) in [5.74, 6) is 1.34. The first-order chi connectivity index (χ1) is 18.1. The van der Waals surface area contributed by atoms with Crippen molar-refractivity contribution in [2.24, 2.45) is 0 Å². The van der Waals surface area contributed by atoms with Gasteiger partial charge in [0.1, 0.15) is 12.4 Å². The van der Waals surface area contributed by atoms with Crippen LogP contribution in [0.2, 0.25) is 0 Å². The van der Waals surface area contributed by atoms with Gasteiger partial charge < -0.3 is 9.64 Å². The molecule has 1 amide bonds. The molecule has 0 fully saturated rings. The third-order valence-electron chi connectivity index (χ3n) is 7.32. The van der Waals surface area contributed by atoms with Gasteiger partial charge in [0.2, 0.25) is 5.91 Å². The Kier molecular flexibility index (Phi) is 7.70. The van der Waals surface area contributed by atoms with Gasteiger partial charge in [-0.25, -0.2) is 0 Å². The number of rotatable bonds is 8. The lowest BCUT2D eigenvalue weighted by molar-refractivity contribution is -0.120. The SMILES string of the molecule is CC(C)c1ccc(N(Cc2ccc(OCc3ccccc3)cc2)C(=O)C2CCCc3ccccc32)cc1. The highest BCUT2D eigenvalue weighted by atomic mass is 16.5. The molecule has 0 aliphatic heterocycles. The van der Waals surface area contributed by atoms with E-state index in [1.54, 1.807) is 0 Å². The summed E-state index contributed by atoms with van der Waals surface area (Å²) in [5.41, 5.74) is 6.94. The molecule has 37 heavy (non-hydrogen) atoms. The highest BCUT2D eigenvalue weighted by Gasteiger charge is 2.30. The standard InChI is InChI=1S/C34H35NO2/c1-25(2)28-17-19-30(20-18-28)35(34(36)33-14-8-12-29-11-6-7-13-32(29)33)23-26-15-21-31(22-16-26)37-24-27-9-4-3-5-10-27/h3-7,9-11,13,15-22,25,33H,8,12,14,23-24H2,1-2H3. The topological polar surface area (TPSA) is 29.5 Å². The molecule has 0 aromatic heterocycles. The summed E-state index contributed by atoms with van der Waals surface area (Å²) in [7, 11) is 0. The average molecular weight is 490 g/mol. The number of fused-ring (bicyclic) bond motifs is 1. The number of amides is 1. The number of carbonyl (C=O) groups excluding carboxylic acids is 1. The molecule has 1 aliphatic rings. The summed E-state index contributed by atoms with van der Waals surface area (Å²) in [5, 5.41) is 0. The molecule has 1 atom stereocenters. The Morgan fingerprint density at radius 1 is 0.838 bits per heavy atom. The van der Waals surface area contributed by atoms with Crippen molar-refractivity contribution in [1.29, 1.82) is 0 Å². The molecule has 0 saturated carbocycles. The van der Waals surface area contributed by atoms with Crippen LogP contribution in [0.5, 0.6) is 5.75 Å².